The third-order valence-electron chi connectivity index (χ3n) is 8.71. The Bertz CT molecular complexity index is 1200. The molecule has 3 aromatic rings. The molecule has 0 saturated heterocycles. The third-order valence-corrected chi connectivity index (χ3v) is 8.71. The van der Waals surface area contributed by atoms with E-state index in [1.807, 2.05) is 30.3 Å². The Morgan fingerprint density at radius 1 is 1.03 bits per heavy atom. The summed E-state index contributed by atoms with van der Waals surface area (Å²) < 4.78 is 5.84. The summed E-state index contributed by atoms with van der Waals surface area (Å²) in [4.78, 5) is 13.9. The summed E-state index contributed by atoms with van der Waals surface area (Å²) >= 11 is 0. The lowest BCUT2D eigenvalue weighted by Crippen LogP contribution is -2.51. The van der Waals surface area contributed by atoms with Crippen LogP contribution in [0, 0.1) is 5.92 Å². The Morgan fingerprint density at radius 2 is 1.76 bits per heavy atom. The number of methoxy groups -OCH3 is 1. The Balaban J connectivity index is 1.62. The molecular weight excluding hydrogens is 418 g/mol. The number of fused-ring (bicyclic) bond motifs is 3. The van der Waals surface area contributed by atoms with Crippen molar-refractivity contribution in [1.82, 2.24) is 0 Å². The summed E-state index contributed by atoms with van der Waals surface area (Å²) in [6, 6.07) is 25.1. The topological polar surface area (TPSA) is 38.3 Å². The van der Waals surface area contributed by atoms with Crippen LogP contribution >= 0.6 is 0 Å². The molecular formula is C31H35NO2. The number of aryl methyl sites for hydroxylation is 1. The van der Waals surface area contributed by atoms with E-state index >= 15 is 0 Å². The van der Waals surface area contributed by atoms with Gasteiger partial charge in [0, 0.05) is 22.6 Å². The van der Waals surface area contributed by atoms with Gasteiger partial charge in [0.15, 0.2) is 5.78 Å². The average Bonchev–Trinajstić information content (AvgIpc) is 3.24. The quantitative estimate of drug-likeness (QED) is 0.386. The highest BCUT2D eigenvalue weighted by Crippen LogP contribution is 2.65. The van der Waals surface area contributed by atoms with E-state index in [1.54, 1.807) is 7.11 Å². The molecule has 0 unspecified atom stereocenters. The van der Waals surface area contributed by atoms with Crippen molar-refractivity contribution < 1.29 is 9.53 Å². The highest BCUT2D eigenvalue weighted by molar-refractivity contribution is 6.00. The maximum atomic E-state index is 13.9. The van der Waals surface area contributed by atoms with E-state index in [9.17, 15) is 4.79 Å². The largest absolute Gasteiger partial charge is 0.496 e. The number of nitrogens with one attached hydrogen (secondary N) is 1. The fourth-order valence-corrected chi connectivity index (χ4v) is 6.63. The molecule has 0 radical (unpaired) electrons. The van der Waals surface area contributed by atoms with Gasteiger partial charge in [-0.1, -0.05) is 80.9 Å². The van der Waals surface area contributed by atoms with Gasteiger partial charge in [-0.25, -0.2) is 0 Å². The minimum absolute atomic E-state index is 0.136. The number of hydrogen-bond acceptors (Lipinski definition) is 3. The van der Waals surface area contributed by atoms with Crippen molar-refractivity contribution in [2.45, 2.75) is 63.3 Å². The van der Waals surface area contributed by atoms with E-state index in [4.69, 9.17) is 4.74 Å². The molecule has 3 heteroatoms. The lowest BCUT2D eigenvalue weighted by molar-refractivity contribution is 0.0877. The second-order valence-electron chi connectivity index (χ2n) is 10.3. The number of para-hydroxylation sites is 1. The predicted molar refractivity (Wildman–Crippen MR) is 139 cm³/mol. The monoisotopic (exact) mass is 453 g/mol. The van der Waals surface area contributed by atoms with Gasteiger partial charge in [-0.2, -0.15) is 0 Å². The second-order valence-corrected chi connectivity index (χ2v) is 10.3. The summed E-state index contributed by atoms with van der Waals surface area (Å²) in [6.45, 7) is 6.83. The Kier molecular flexibility index (Phi) is 5.75. The molecule has 176 valence electrons. The number of rotatable bonds is 7. The zero-order chi connectivity index (χ0) is 23.9. The van der Waals surface area contributed by atoms with E-state index < -0.39 is 0 Å². The SMILES string of the molecule is CCCCc1ccc([C@@H]2C[C@H](C(=O)c3ccccc3)[C@]3(C)Nc4ccccc4[C@]23C)cc1OC. The van der Waals surface area contributed by atoms with Crippen molar-refractivity contribution in [1.29, 1.82) is 0 Å². The van der Waals surface area contributed by atoms with Crippen LogP contribution in [0.4, 0.5) is 5.69 Å². The van der Waals surface area contributed by atoms with Crippen LogP contribution in [0.3, 0.4) is 0 Å². The lowest BCUT2D eigenvalue weighted by Gasteiger charge is -2.41. The molecule has 0 aromatic heterocycles. The van der Waals surface area contributed by atoms with Gasteiger partial charge in [-0.3, -0.25) is 4.79 Å². The number of carbonyl (C=O) groups excluding carboxylic acids is 1. The number of carbonyl (C=O) groups is 1. The zero-order valence-corrected chi connectivity index (χ0v) is 20.7. The molecule has 34 heavy (non-hydrogen) atoms. The van der Waals surface area contributed by atoms with Gasteiger partial charge in [0.25, 0.3) is 0 Å². The van der Waals surface area contributed by atoms with Crippen molar-refractivity contribution in [3.05, 3.63) is 95.1 Å². The van der Waals surface area contributed by atoms with Gasteiger partial charge >= 0.3 is 0 Å². The molecule has 3 aromatic carbocycles. The van der Waals surface area contributed by atoms with Gasteiger partial charge in [-0.05, 0) is 60.9 Å². The third kappa shape index (κ3) is 3.28. The van der Waals surface area contributed by atoms with E-state index in [0.717, 1.165) is 42.7 Å². The molecule has 1 aliphatic heterocycles. The van der Waals surface area contributed by atoms with Crippen LogP contribution in [-0.2, 0) is 11.8 Å². The van der Waals surface area contributed by atoms with E-state index in [0.29, 0.717) is 0 Å². The number of anilines is 1. The molecule has 1 N–H and O–H groups in total. The molecule has 3 nitrogen and oxygen atoms in total. The maximum Gasteiger partial charge on any atom is 0.168 e. The van der Waals surface area contributed by atoms with Crippen LogP contribution in [0.5, 0.6) is 5.75 Å². The molecule has 2 aliphatic rings. The van der Waals surface area contributed by atoms with Crippen LogP contribution < -0.4 is 10.1 Å². The summed E-state index contributed by atoms with van der Waals surface area (Å²) in [5, 5.41) is 3.83. The number of Topliss-reactive ketones (excluding diaryl/α,β-unsaturated/α-hetero) is 1. The fraction of sp³-hybridized carbons (Fsp3) is 0.387. The van der Waals surface area contributed by atoms with Gasteiger partial charge in [0.05, 0.1) is 12.6 Å². The summed E-state index contributed by atoms with van der Waals surface area (Å²) in [5.74, 6) is 1.25. The first-order chi connectivity index (χ1) is 16.4. The van der Waals surface area contributed by atoms with Crippen LogP contribution in [-0.4, -0.2) is 18.4 Å². The predicted octanol–water partition coefficient (Wildman–Crippen LogP) is 7.17. The van der Waals surface area contributed by atoms with Crippen LogP contribution in [0.2, 0.25) is 0 Å². The van der Waals surface area contributed by atoms with Crippen molar-refractivity contribution in [2.24, 2.45) is 5.92 Å². The molecule has 0 bridgehead atoms. The standard InChI is InChI=1S/C31H35NO2/c1-5-6-12-21-17-18-23(19-28(21)34-4)25-20-26(29(33)22-13-8-7-9-14-22)31(3)30(25,2)24-15-10-11-16-27(24)32-31/h7-11,13-19,25-26,32H,5-6,12,20H2,1-4H3/t25-,26+,30+,31-/m0/s1. The summed E-state index contributed by atoms with van der Waals surface area (Å²) in [5.41, 5.74) is 5.15. The molecule has 1 aliphatic carbocycles. The fourth-order valence-electron chi connectivity index (χ4n) is 6.63. The molecule has 1 saturated carbocycles. The number of ketones is 1. The van der Waals surface area contributed by atoms with Crippen LogP contribution in [0.1, 0.15) is 73.0 Å². The lowest BCUT2D eigenvalue weighted by atomic mass is 9.64. The molecule has 0 spiro atoms. The van der Waals surface area contributed by atoms with Crippen molar-refractivity contribution in [3.63, 3.8) is 0 Å². The minimum atomic E-state index is -0.387. The second kappa shape index (κ2) is 8.61. The maximum absolute atomic E-state index is 13.9. The molecule has 4 atom stereocenters. The number of benzene rings is 3. The van der Waals surface area contributed by atoms with Gasteiger partial charge in [0.2, 0.25) is 0 Å². The highest BCUT2D eigenvalue weighted by Gasteiger charge is 2.66. The Labute approximate surface area is 203 Å². The van der Waals surface area contributed by atoms with E-state index in [2.05, 4.69) is 68.6 Å². The van der Waals surface area contributed by atoms with E-state index in [1.165, 1.54) is 16.7 Å². The van der Waals surface area contributed by atoms with Crippen molar-refractivity contribution in [2.75, 3.05) is 12.4 Å². The number of hydrogen-bond donors (Lipinski definition) is 1. The smallest absolute Gasteiger partial charge is 0.168 e. The molecule has 0 amide bonds. The molecule has 1 heterocycles. The molecule has 1 fully saturated rings. The van der Waals surface area contributed by atoms with Gasteiger partial charge in [0.1, 0.15) is 5.75 Å². The van der Waals surface area contributed by atoms with Gasteiger partial charge in [-0.15, -0.1) is 0 Å². The van der Waals surface area contributed by atoms with Crippen molar-refractivity contribution >= 4 is 11.5 Å². The first kappa shape index (κ1) is 22.7. The van der Waals surface area contributed by atoms with Crippen molar-refractivity contribution in [3.8, 4) is 5.75 Å². The summed E-state index contributed by atoms with van der Waals surface area (Å²) in [6.07, 6.45) is 4.15. The first-order valence-electron chi connectivity index (χ1n) is 12.6. The number of unbranched alkanes of at least 4 members (excludes halogenated alkanes) is 1. The van der Waals surface area contributed by atoms with Crippen LogP contribution in [0.15, 0.2) is 72.8 Å². The summed E-state index contributed by atoms with van der Waals surface area (Å²) in [7, 11) is 1.77. The van der Waals surface area contributed by atoms with E-state index in [-0.39, 0.29) is 28.6 Å². The van der Waals surface area contributed by atoms with Gasteiger partial charge < -0.3 is 10.1 Å². The Morgan fingerprint density at radius 3 is 2.50 bits per heavy atom. The first-order valence-corrected chi connectivity index (χ1v) is 12.6. The number of ether oxygens (including phenoxy) is 1. The van der Waals surface area contributed by atoms with Crippen LogP contribution in [0.25, 0.3) is 0 Å². The molecule has 5 rings (SSSR count). The highest BCUT2D eigenvalue weighted by atomic mass is 16.5. The zero-order valence-electron chi connectivity index (χ0n) is 20.7. The minimum Gasteiger partial charge on any atom is -0.496 e. The Hall–Kier alpha value is -3.07. The average molecular weight is 454 g/mol. The normalized spacial score (nSPS) is 27.1.